The molecule has 0 saturated heterocycles. The number of rotatable bonds is 6. The van der Waals surface area contributed by atoms with E-state index in [0.29, 0.717) is 23.8 Å². The second-order valence-corrected chi connectivity index (χ2v) is 5.86. The lowest BCUT2D eigenvalue weighted by Gasteiger charge is -2.22. The van der Waals surface area contributed by atoms with Gasteiger partial charge in [0, 0.05) is 12.1 Å². The van der Waals surface area contributed by atoms with Gasteiger partial charge in [0.1, 0.15) is 5.25 Å². The zero-order chi connectivity index (χ0) is 16.8. The minimum Gasteiger partial charge on any atom is -0.493 e. The maximum absolute atomic E-state index is 11.3. The molecule has 7 nitrogen and oxygen atoms in total. The summed E-state index contributed by atoms with van der Waals surface area (Å²) in [5, 5.41) is 8.89. The van der Waals surface area contributed by atoms with Gasteiger partial charge in [0.15, 0.2) is 11.5 Å². The van der Waals surface area contributed by atoms with Crippen LogP contribution in [-0.4, -0.2) is 43.4 Å². The van der Waals surface area contributed by atoms with Gasteiger partial charge in [-0.25, -0.2) is 5.84 Å². The maximum atomic E-state index is 11.3. The van der Waals surface area contributed by atoms with Crippen LogP contribution in [0, 0.1) is 11.3 Å². The molecule has 8 heteroatoms. The lowest BCUT2D eigenvalue weighted by Crippen LogP contribution is -2.33. The van der Waals surface area contributed by atoms with Crippen LogP contribution in [0.5, 0.6) is 11.5 Å². The molecular weight excluding hydrogens is 316 g/mol. The normalized spacial score (nSPS) is 14.1. The van der Waals surface area contributed by atoms with E-state index in [2.05, 4.69) is 16.5 Å². The maximum Gasteiger partial charge on any atom is 0.243 e. The van der Waals surface area contributed by atoms with E-state index in [1.807, 2.05) is 12.1 Å². The van der Waals surface area contributed by atoms with Crippen molar-refractivity contribution in [2.45, 2.75) is 11.7 Å². The van der Waals surface area contributed by atoms with Crippen molar-refractivity contribution in [2.24, 2.45) is 10.8 Å². The van der Waals surface area contributed by atoms with E-state index in [0.717, 1.165) is 17.5 Å². The number of thioether (sulfide) groups is 1. The number of hydrogen-bond donors (Lipinski definition) is 2. The van der Waals surface area contributed by atoms with Crippen molar-refractivity contribution in [3.63, 3.8) is 0 Å². The number of hydrogen-bond acceptors (Lipinski definition) is 7. The van der Waals surface area contributed by atoms with Gasteiger partial charge in [-0.15, -0.1) is 11.8 Å². The minimum absolute atomic E-state index is 0.0936. The number of aliphatic imine (C=N–C) groups is 1. The van der Waals surface area contributed by atoms with Gasteiger partial charge < -0.3 is 9.47 Å². The van der Waals surface area contributed by atoms with Crippen LogP contribution >= 0.6 is 11.8 Å². The largest absolute Gasteiger partial charge is 0.493 e. The minimum atomic E-state index is -0.551. The number of nitrogens with two attached hydrogens (primary N) is 1. The van der Waals surface area contributed by atoms with Crippen molar-refractivity contribution in [1.29, 1.82) is 5.26 Å². The Kier molecular flexibility index (Phi) is 5.84. The fourth-order valence-electron chi connectivity index (χ4n) is 2.35. The first-order chi connectivity index (χ1) is 11.1. The van der Waals surface area contributed by atoms with E-state index in [1.54, 1.807) is 14.2 Å². The van der Waals surface area contributed by atoms with Gasteiger partial charge in [0.2, 0.25) is 5.91 Å². The summed E-state index contributed by atoms with van der Waals surface area (Å²) in [5.74, 6) is 6.06. The molecule has 0 fully saturated rings. The highest BCUT2D eigenvalue weighted by atomic mass is 32.2. The Labute approximate surface area is 138 Å². The summed E-state index contributed by atoms with van der Waals surface area (Å²) in [6.45, 7) is 0.597. The molecule has 3 N–H and O–H groups in total. The molecule has 0 aliphatic carbocycles. The SMILES string of the molecule is COc1cc2c(cc1OC)C(C(C#N)SCC(=O)NN)=NCC2. The molecule has 2 rings (SSSR count). The number of nitrogens with one attached hydrogen (secondary N) is 1. The molecule has 23 heavy (non-hydrogen) atoms. The lowest BCUT2D eigenvalue weighted by atomic mass is 9.95. The van der Waals surface area contributed by atoms with E-state index in [9.17, 15) is 10.1 Å². The number of nitrogens with zero attached hydrogens (tertiary/aromatic N) is 2. The van der Waals surface area contributed by atoms with Crippen LogP contribution in [0.4, 0.5) is 0 Å². The number of amides is 1. The van der Waals surface area contributed by atoms with Crippen molar-refractivity contribution in [2.75, 3.05) is 26.5 Å². The first kappa shape index (κ1) is 17.1. The molecule has 0 aromatic heterocycles. The van der Waals surface area contributed by atoms with Crippen molar-refractivity contribution in [3.8, 4) is 17.6 Å². The number of carbonyl (C=O) groups excluding carboxylic acids is 1. The van der Waals surface area contributed by atoms with Crippen LogP contribution < -0.4 is 20.7 Å². The smallest absolute Gasteiger partial charge is 0.243 e. The lowest BCUT2D eigenvalue weighted by molar-refractivity contribution is -0.118. The third-order valence-electron chi connectivity index (χ3n) is 3.46. The summed E-state index contributed by atoms with van der Waals surface area (Å²) in [6, 6.07) is 5.94. The first-order valence-electron chi connectivity index (χ1n) is 6.94. The van der Waals surface area contributed by atoms with Crippen LogP contribution in [0.2, 0.25) is 0 Å². The van der Waals surface area contributed by atoms with Crippen molar-refractivity contribution < 1.29 is 14.3 Å². The standard InChI is InChI=1S/C15H18N4O3S/c1-21-11-5-9-3-4-18-15(10(9)6-12(11)22-2)13(7-16)23-8-14(20)19-17/h5-6,13H,3-4,8,17H2,1-2H3,(H,19,20). The summed E-state index contributed by atoms with van der Waals surface area (Å²) in [5.41, 5.74) is 4.63. The summed E-state index contributed by atoms with van der Waals surface area (Å²) >= 11 is 1.19. The summed E-state index contributed by atoms with van der Waals surface area (Å²) in [7, 11) is 3.15. The van der Waals surface area contributed by atoms with Crippen molar-refractivity contribution >= 4 is 23.4 Å². The second-order valence-electron chi connectivity index (χ2n) is 4.77. The molecule has 1 heterocycles. The fraction of sp³-hybridized carbons (Fsp3) is 0.400. The molecule has 1 atom stereocenters. The van der Waals surface area contributed by atoms with Gasteiger partial charge in [-0.05, 0) is 24.1 Å². The van der Waals surface area contributed by atoms with E-state index in [1.165, 1.54) is 11.8 Å². The highest BCUT2D eigenvalue weighted by molar-refractivity contribution is 8.01. The molecule has 0 bridgehead atoms. The number of carbonyl (C=O) groups is 1. The Morgan fingerprint density at radius 2 is 2.17 bits per heavy atom. The van der Waals surface area contributed by atoms with Crippen LogP contribution in [0.15, 0.2) is 17.1 Å². The monoisotopic (exact) mass is 334 g/mol. The third kappa shape index (κ3) is 3.75. The Hall–Kier alpha value is -2.24. The zero-order valence-corrected chi connectivity index (χ0v) is 13.8. The first-order valence-corrected chi connectivity index (χ1v) is 7.99. The molecule has 122 valence electrons. The number of ether oxygens (including phenoxy) is 2. The molecule has 1 unspecified atom stereocenters. The summed E-state index contributed by atoms with van der Waals surface area (Å²) < 4.78 is 10.6. The highest BCUT2D eigenvalue weighted by Gasteiger charge is 2.25. The second kappa shape index (κ2) is 7.85. The molecule has 0 saturated carbocycles. The van der Waals surface area contributed by atoms with Gasteiger partial charge in [-0.1, -0.05) is 0 Å². The van der Waals surface area contributed by atoms with Crippen LogP contribution in [-0.2, 0) is 11.2 Å². The molecule has 1 aromatic rings. The molecule has 1 amide bonds. The number of hydrazine groups is 1. The Morgan fingerprint density at radius 3 is 2.78 bits per heavy atom. The number of benzene rings is 1. The van der Waals surface area contributed by atoms with Gasteiger partial charge in [0.25, 0.3) is 0 Å². The summed E-state index contributed by atoms with van der Waals surface area (Å²) in [4.78, 5) is 15.8. The highest BCUT2D eigenvalue weighted by Crippen LogP contribution is 2.34. The summed E-state index contributed by atoms with van der Waals surface area (Å²) in [6.07, 6.45) is 0.769. The van der Waals surface area contributed by atoms with E-state index in [-0.39, 0.29) is 11.7 Å². The third-order valence-corrected chi connectivity index (χ3v) is 4.55. The molecule has 1 aliphatic rings. The Morgan fingerprint density at radius 1 is 1.48 bits per heavy atom. The quantitative estimate of drug-likeness (QED) is 0.449. The van der Waals surface area contributed by atoms with Crippen molar-refractivity contribution in [3.05, 3.63) is 23.3 Å². The average molecular weight is 334 g/mol. The Balaban J connectivity index is 2.33. The van der Waals surface area contributed by atoms with E-state index >= 15 is 0 Å². The predicted octanol–water partition coefficient (Wildman–Crippen LogP) is 0.664. The number of fused-ring (bicyclic) bond motifs is 1. The zero-order valence-electron chi connectivity index (χ0n) is 13.0. The van der Waals surface area contributed by atoms with E-state index in [4.69, 9.17) is 15.3 Å². The Bertz CT molecular complexity index is 669. The van der Waals surface area contributed by atoms with Gasteiger partial charge in [0.05, 0.1) is 31.8 Å². The predicted molar refractivity (Wildman–Crippen MR) is 88.8 cm³/mol. The van der Waals surface area contributed by atoms with Crippen LogP contribution in [0.1, 0.15) is 11.1 Å². The number of nitriles is 1. The van der Waals surface area contributed by atoms with Gasteiger partial charge >= 0.3 is 0 Å². The fourth-order valence-corrected chi connectivity index (χ4v) is 3.19. The molecule has 1 aromatic carbocycles. The van der Waals surface area contributed by atoms with Gasteiger partial charge in [-0.3, -0.25) is 15.2 Å². The topological polar surface area (TPSA) is 110 Å². The van der Waals surface area contributed by atoms with Crippen molar-refractivity contribution in [1.82, 2.24) is 5.43 Å². The van der Waals surface area contributed by atoms with E-state index < -0.39 is 5.25 Å². The molecule has 0 spiro atoms. The average Bonchev–Trinajstić information content (AvgIpc) is 2.60. The molecule has 1 aliphatic heterocycles. The van der Waals surface area contributed by atoms with Crippen LogP contribution in [0.3, 0.4) is 0 Å². The molecular formula is C15H18N4O3S. The molecule has 0 radical (unpaired) electrons. The number of methoxy groups -OCH3 is 2. The van der Waals surface area contributed by atoms with Crippen LogP contribution in [0.25, 0.3) is 0 Å². The van der Waals surface area contributed by atoms with Gasteiger partial charge in [-0.2, -0.15) is 5.26 Å².